The van der Waals surface area contributed by atoms with Crippen molar-refractivity contribution in [2.75, 3.05) is 12.5 Å². The maximum atomic E-state index is 5.67. The van der Waals surface area contributed by atoms with Crippen molar-refractivity contribution < 1.29 is 3.07 Å². The molecule has 0 atom stereocenters. The summed E-state index contributed by atoms with van der Waals surface area (Å²) in [6, 6.07) is 0. The van der Waals surface area contributed by atoms with Crippen molar-refractivity contribution >= 4 is 33.2 Å². The fraction of sp³-hybridized carbons (Fsp3) is 0.667. The molecule has 86 valence electrons. The van der Waals surface area contributed by atoms with Gasteiger partial charge in [-0.2, -0.15) is 0 Å². The van der Waals surface area contributed by atoms with Crippen molar-refractivity contribution in [3.63, 3.8) is 0 Å². The van der Waals surface area contributed by atoms with Crippen LogP contribution < -0.4 is 0 Å². The summed E-state index contributed by atoms with van der Waals surface area (Å²) in [6.45, 7) is 7.10. The van der Waals surface area contributed by atoms with Crippen molar-refractivity contribution in [3.8, 4) is 0 Å². The molecule has 0 aromatic heterocycles. The summed E-state index contributed by atoms with van der Waals surface area (Å²) in [5.74, 6) is 0.570. The van der Waals surface area contributed by atoms with Crippen molar-refractivity contribution in [1.82, 2.24) is 0 Å². The van der Waals surface area contributed by atoms with E-state index in [-0.39, 0.29) is 0 Å². The van der Waals surface area contributed by atoms with E-state index < -0.39 is 21.6 Å². The Morgan fingerprint density at radius 2 is 2.27 bits per heavy atom. The molecule has 0 unspecified atom stereocenters. The van der Waals surface area contributed by atoms with Gasteiger partial charge in [-0.1, -0.05) is 0 Å². The normalized spacial score (nSPS) is 11.1. The number of halogens is 1. The predicted molar refractivity (Wildman–Crippen MR) is 69.7 cm³/mol. The first-order valence-corrected chi connectivity index (χ1v) is 9.28. The Morgan fingerprint density at radius 3 is 2.93 bits per heavy atom. The molecule has 0 saturated heterocycles. The zero-order valence-corrected chi connectivity index (χ0v) is 13.2. The SMILES string of the molecule is C=C(/C=C\CCl)CCC[O][Sn][CH2]CCC. The van der Waals surface area contributed by atoms with E-state index in [9.17, 15) is 0 Å². The van der Waals surface area contributed by atoms with Crippen LogP contribution in [-0.4, -0.2) is 34.0 Å². The number of alkyl halides is 1. The zero-order valence-electron chi connectivity index (χ0n) is 9.60. The molecule has 0 fully saturated rings. The van der Waals surface area contributed by atoms with E-state index in [1.807, 2.05) is 12.2 Å². The number of allylic oxidation sites excluding steroid dienone is 3. The molecule has 2 radical (unpaired) electrons. The Labute approximate surface area is 110 Å². The van der Waals surface area contributed by atoms with Gasteiger partial charge in [-0.15, -0.1) is 0 Å². The van der Waals surface area contributed by atoms with Gasteiger partial charge in [0.1, 0.15) is 0 Å². The second kappa shape index (κ2) is 12.6. The quantitative estimate of drug-likeness (QED) is 0.254. The van der Waals surface area contributed by atoms with Crippen LogP contribution in [-0.2, 0) is 3.07 Å². The first-order valence-electron chi connectivity index (χ1n) is 5.56. The summed E-state index contributed by atoms with van der Waals surface area (Å²) in [4.78, 5) is 0. The molecule has 0 bridgehead atoms. The summed E-state index contributed by atoms with van der Waals surface area (Å²) in [5.41, 5.74) is 1.15. The second-order valence-electron chi connectivity index (χ2n) is 3.41. The molecular formula is C12H21ClOSn. The van der Waals surface area contributed by atoms with Crippen molar-refractivity contribution in [2.24, 2.45) is 0 Å². The Balaban J connectivity index is 3.16. The van der Waals surface area contributed by atoms with Gasteiger partial charge in [0.2, 0.25) is 0 Å². The van der Waals surface area contributed by atoms with Crippen LogP contribution in [0.1, 0.15) is 32.6 Å². The van der Waals surface area contributed by atoms with Crippen LogP contribution in [0.5, 0.6) is 0 Å². The molecule has 3 heteroatoms. The summed E-state index contributed by atoms with van der Waals surface area (Å²) < 4.78 is 7.02. The van der Waals surface area contributed by atoms with E-state index in [2.05, 4.69) is 13.5 Å². The van der Waals surface area contributed by atoms with Crippen LogP contribution in [0.4, 0.5) is 0 Å². The molecule has 15 heavy (non-hydrogen) atoms. The monoisotopic (exact) mass is 336 g/mol. The van der Waals surface area contributed by atoms with Gasteiger partial charge in [0.25, 0.3) is 0 Å². The van der Waals surface area contributed by atoms with Gasteiger partial charge in [-0.05, 0) is 0 Å². The maximum absolute atomic E-state index is 5.67. The third kappa shape index (κ3) is 12.5. The number of unbranched alkanes of at least 4 members (excludes halogenated alkanes) is 1. The standard InChI is InChI=1S/C8H12ClO.C4H9.Sn/c1-8(4-2-6-9)5-3-7-10;1-3-4-2;/h2,4H,1,3,5-7H2;1,3-4H2,2H3;/q-1;;+1/b4-2-;;. The molecule has 0 rings (SSSR count). The van der Waals surface area contributed by atoms with E-state index in [0.29, 0.717) is 5.88 Å². The number of rotatable bonds is 10. The molecule has 0 aromatic rings. The van der Waals surface area contributed by atoms with Gasteiger partial charge in [0.05, 0.1) is 0 Å². The van der Waals surface area contributed by atoms with E-state index in [1.54, 1.807) is 0 Å². The Hall–Kier alpha value is 0.529. The first kappa shape index (κ1) is 15.5. The van der Waals surface area contributed by atoms with Crippen LogP contribution >= 0.6 is 11.6 Å². The van der Waals surface area contributed by atoms with Gasteiger partial charge in [0.15, 0.2) is 0 Å². The summed E-state index contributed by atoms with van der Waals surface area (Å²) in [5, 5.41) is 0. The number of hydrogen-bond donors (Lipinski definition) is 0. The van der Waals surface area contributed by atoms with Crippen LogP contribution in [0, 0.1) is 0 Å². The molecule has 0 aromatic carbocycles. The van der Waals surface area contributed by atoms with Crippen LogP contribution in [0.15, 0.2) is 24.3 Å². The van der Waals surface area contributed by atoms with Crippen molar-refractivity contribution in [3.05, 3.63) is 24.3 Å². The third-order valence-corrected chi connectivity index (χ3v) is 4.86. The van der Waals surface area contributed by atoms with E-state index in [4.69, 9.17) is 14.7 Å². The second-order valence-corrected chi connectivity index (χ2v) is 6.80. The Kier molecular flexibility index (Phi) is 13.0. The Morgan fingerprint density at radius 1 is 1.47 bits per heavy atom. The van der Waals surface area contributed by atoms with Gasteiger partial charge < -0.3 is 0 Å². The molecule has 0 heterocycles. The fourth-order valence-corrected chi connectivity index (χ4v) is 3.81. The average Bonchev–Trinajstić information content (AvgIpc) is 2.25. The first-order chi connectivity index (χ1) is 7.31. The van der Waals surface area contributed by atoms with E-state index >= 15 is 0 Å². The summed E-state index contributed by atoms with van der Waals surface area (Å²) in [6.07, 6.45) is 8.70. The molecular weight excluding hydrogens is 314 g/mol. The van der Waals surface area contributed by atoms with Crippen molar-refractivity contribution in [1.29, 1.82) is 0 Å². The molecule has 0 spiro atoms. The molecule has 0 amide bonds. The molecule has 0 aliphatic heterocycles. The van der Waals surface area contributed by atoms with Crippen LogP contribution in [0.25, 0.3) is 0 Å². The summed E-state index contributed by atoms with van der Waals surface area (Å²) >= 11 is 5.05. The van der Waals surface area contributed by atoms with Gasteiger partial charge in [0, 0.05) is 0 Å². The average molecular weight is 335 g/mol. The minimum atomic E-state index is -0.482. The number of hydrogen-bond acceptors (Lipinski definition) is 1. The van der Waals surface area contributed by atoms with Crippen LogP contribution in [0.2, 0.25) is 4.44 Å². The van der Waals surface area contributed by atoms with Gasteiger partial charge in [-0.25, -0.2) is 0 Å². The molecule has 0 N–H and O–H groups in total. The summed E-state index contributed by atoms with van der Waals surface area (Å²) in [7, 11) is 0. The Bertz CT molecular complexity index is 180. The van der Waals surface area contributed by atoms with Gasteiger partial charge in [-0.3, -0.25) is 0 Å². The zero-order chi connectivity index (χ0) is 11.4. The topological polar surface area (TPSA) is 9.23 Å². The molecule has 0 aliphatic carbocycles. The third-order valence-electron chi connectivity index (χ3n) is 1.92. The van der Waals surface area contributed by atoms with Crippen molar-refractivity contribution in [2.45, 2.75) is 37.0 Å². The fourth-order valence-electron chi connectivity index (χ4n) is 1.06. The van der Waals surface area contributed by atoms with Gasteiger partial charge >= 0.3 is 110 Å². The minimum absolute atomic E-state index is 0.482. The van der Waals surface area contributed by atoms with Crippen LogP contribution in [0.3, 0.4) is 0 Å². The molecule has 0 saturated carbocycles. The predicted octanol–water partition coefficient (Wildman–Crippen LogP) is 3.97. The van der Waals surface area contributed by atoms with E-state index in [0.717, 1.165) is 25.0 Å². The molecule has 1 nitrogen and oxygen atoms in total. The molecule has 0 aliphatic rings. The van der Waals surface area contributed by atoms with E-state index in [1.165, 1.54) is 17.3 Å².